The topological polar surface area (TPSA) is 32.3 Å². The maximum atomic E-state index is 12.3. The second kappa shape index (κ2) is 6.76. The minimum Gasteiger partial charge on any atom is -0.820 e. The number of hydrogen-bond donors (Lipinski definition) is 0. The molecule has 0 saturated heterocycles. The molecule has 0 radical (unpaired) electrons. The summed E-state index contributed by atoms with van der Waals surface area (Å²) in [6, 6.07) is 7.04. The monoisotopic (exact) mass is 218 g/mol. The van der Waals surface area contributed by atoms with Gasteiger partial charge in [-0.05, 0) is 0 Å². The van der Waals surface area contributed by atoms with Crippen LogP contribution in [0.25, 0.3) is 0 Å². The van der Waals surface area contributed by atoms with Crippen LogP contribution in [-0.2, 0) is 10.5 Å². The third kappa shape index (κ3) is 3.57. The summed E-state index contributed by atoms with van der Waals surface area (Å²) >= 11 is 0. The number of benzene rings is 1. The Labute approximate surface area is 116 Å². The fourth-order valence-electron chi connectivity index (χ4n) is 1.00. The van der Waals surface area contributed by atoms with E-state index in [1.807, 2.05) is 0 Å². The third-order valence-electron chi connectivity index (χ3n) is 1.76. The first kappa shape index (κ1) is 18.5. The molecule has 16 heavy (non-hydrogen) atoms. The van der Waals surface area contributed by atoms with Crippen LogP contribution in [0.2, 0.25) is 0 Å². The van der Waals surface area contributed by atoms with E-state index >= 15 is 0 Å². The van der Waals surface area contributed by atoms with E-state index in [0.29, 0.717) is 0 Å². The van der Waals surface area contributed by atoms with E-state index in [4.69, 9.17) is 0 Å². The van der Waals surface area contributed by atoms with Crippen molar-refractivity contribution in [3.8, 4) is 0 Å². The minimum absolute atomic E-state index is 0. The molecule has 0 aliphatic rings. The molecule has 0 saturated carbocycles. The molecule has 1 unspecified atom stereocenters. The maximum absolute atomic E-state index is 12.3. The van der Waals surface area contributed by atoms with Crippen molar-refractivity contribution in [2.45, 2.75) is 12.0 Å². The van der Waals surface area contributed by atoms with Gasteiger partial charge in [0, 0.05) is 7.11 Å². The largest absolute Gasteiger partial charge is 1.00 e. The number of halogens is 3. The van der Waals surface area contributed by atoms with Crippen LogP contribution in [0, 0.1) is 6.07 Å². The van der Waals surface area contributed by atoms with Crippen LogP contribution in [0.5, 0.6) is 0 Å². The molecule has 0 amide bonds. The Morgan fingerprint density at radius 1 is 1.19 bits per heavy atom. The first-order valence-corrected chi connectivity index (χ1v) is 3.70. The van der Waals surface area contributed by atoms with Crippen LogP contribution >= 0.6 is 0 Å². The summed E-state index contributed by atoms with van der Waals surface area (Å²) in [4.78, 5) is 0. The quantitative estimate of drug-likeness (QED) is 0.283. The first-order valence-electron chi connectivity index (χ1n) is 3.70. The third-order valence-corrected chi connectivity index (χ3v) is 1.76. The Hall–Kier alpha value is 0.125. The second-order valence-electron chi connectivity index (χ2n) is 2.61. The van der Waals surface area contributed by atoms with Gasteiger partial charge in [-0.3, -0.25) is 0 Å². The number of hydrogen-bond acceptors (Lipinski definition) is 2. The van der Waals surface area contributed by atoms with E-state index in [1.165, 1.54) is 12.1 Å². The zero-order valence-electron chi connectivity index (χ0n) is 9.26. The zero-order valence-corrected chi connectivity index (χ0v) is 9.26. The first-order chi connectivity index (χ1) is 6.42. The molecule has 1 aromatic rings. The van der Waals surface area contributed by atoms with Gasteiger partial charge in [0.2, 0.25) is 0 Å². The molecule has 0 aliphatic heterocycles. The summed E-state index contributed by atoms with van der Waals surface area (Å²) in [5.74, 6) is -3.50. The van der Waals surface area contributed by atoms with Crippen molar-refractivity contribution in [2.24, 2.45) is 0 Å². The minimum atomic E-state index is -4.98. The molecular weight excluding hydrogens is 211 g/mol. The Balaban J connectivity index is 0. The Kier molecular flexibility index (Phi) is 7.81. The molecule has 1 aromatic carbocycles. The Morgan fingerprint density at radius 2 is 1.62 bits per heavy atom. The van der Waals surface area contributed by atoms with Gasteiger partial charge in [-0.2, -0.15) is 43.5 Å². The van der Waals surface area contributed by atoms with Gasteiger partial charge in [-0.25, -0.2) is 0 Å². The summed E-state index contributed by atoms with van der Waals surface area (Å²) in [7, 11) is 0.733. The summed E-state index contributed by atoms with van der Waals surface area (Å²) < 4.78 is 41.0. The predicted octanol–water partition coefficient (Wildman–Crippen LogP) is -4.78. The van der Waals surface area contributed by atoms with E-state index in [1.54, 1.807) is 0 Å². The van der Waals surface area contributed by atoms with E-state index in [9.17, 15) is 18.3 Å². The number of methoxy groups -OCH3 is 1. The van der Waals surface area contributed by atoms with Gasteiger partial charge in [0.15, 0.2) is 0 Å². The molecule has 0 spiro atoms. The van der Waals surface area contributed by atoms with Crippen molar-refractivity contribution in [3.05, 3.63) is 35.9 Å². The van der Waals surface area contributed by atoms with Crippen molar-refractivity contribution in [1.29, 1.82) is 0 Å². The Morgan fingerprint density at radius 3 is 1.94 bits per heavy atom. The summed E-state index contributed by atoms with van der Waals surface area (Å²) in [5.41, 5.74) is -0.480. The average molecular weight is 218 g/mol. The molecule has 1 atom stereocenters. The van der Waals surface area contributed by atoms with Crippen LogP contribution < -0.4 is 42.8 Å². The van der Waals surface area contributed by atoms with E-state index < -0.39 is 17.5 Å². The van der Waals surface area contributed by atoms with Crippen LogP contribution in [0.15, 0.2) is 24.3 Å². The van der Waals surface area contributed by atoms with Crippen molar-refractivity contribution in [1.82, 2.24) is 0 Å². The summed E-state index contributed by atoms with van der Waals surface area (Å²) in [5, 5.41) is 11.3. The normalized spacial score (nSPS) is 14.3. The van der Waals surface area contributed by atoms with Gasteiger partial charge in [-0.1, -0.05) is 0 Å². The number of rotatable bonds is 2. The van der Waals surface area contributed by atoms with Gasteiger partial charge in [0.1, 0.15) is 0 Å². The molecule has 0 N–H and O–H groups in total. The van der Waals surface area contributed by atoms with Crippen LogP contribution in [0.3, 0.4) is 0 Å². The SMILES string of the molecule is COC([O-])(c1cc[c-]cc1)C(F)(F)F.[Li+].[Li+]. The van der Waals surface area contributed by atoms with Gasteiger partial charge < -0.3 is 9.84 Å². The van der Waals surface area contributed by atoms with Crippen molar-refractivity contribution in [2.75, 3.05) is 7.11 Å². The van der Waals surface area contributed by atoms with E-state index in [2.05, 4.69) is 10.8 Å². The Bertz CT molecular complexity index is 305. The van der Waals surface area contributed by atoms with Crippen LogP contribution in [0.1, 0.15) is 5.56 Å². The molecule has 0 heterocycles. The molecule has 2 nitrogen and oxygen atoms in total. The van der Waals surface area contributed by atoms with E-state index in [0.717, 1.165) is 19.2 Å². The van der Waals surface area contributed by atoms with Crippen molar-refractivity contribution < 1.29 is 60.7 Å². The molecule has 0 fully saturated rings. The van der Waals surface area contributed by atoms with Gasteiger partial charge in [-0.15, -0.1) is 5.56 Å². The molecule has 0 aliphatic carbocycles. The second-order valence-corrected chi connectivity index (χ2v) is 2.61. The number of ether oxygens (including phenoxy) is 1. The maximum Gasteiger partial charge on any atom is 1.00 e. The molecule has 78 valence electrons. The van der Waals surface area contributed by atoms with Crippen LogP contribution in [0.4, 0.5) is 13.2 Å². The van der Waals surface area contributed by atoms with Crippen molar-refractivity contribution >= 4 is 0 Å². The standard InChI is InChI=1S/C9H7F3O2.2Li/c1-14-8(13,9(10,11)12)7-5-3-2-4-6-7;;/h3-6H,1H3;;/q-2;2*+1. The van der Waals surface area contributed by atoms with E-state index in [-0.39, 0.29) is 37.7 Å². The van der Waals surface area contributed by atoms with Gasteiger partial charge in [0.05, 0.1) is 5.79 Å². The van der Waals surface area contributed by atoms with Gasteiger partial charge in [0.25, 0.3) is 0 Å². The molecule has 0 bridgehead atoms. The zero-order chi connectivity index (χ0) is 10.8. The smallest absolute Gasteiger partial charge is 0.820 e. The average Bonchev–Trinajstić information content (AvgIpc) is 2.16. The fraction of sp³-hybridized carbons (Fsp3) is 0.333. The summed E-state index contributed by atoms with van der Waals surface area (Å²) in [6.45, 7) is 0. The van der Waals surface area contributed by atoms with Crippen molar-refractivity contribution in [3.63, 3.8) is 0 Å². The predicted molar refractivity (Wildman–Crippen MR) is 40.0 cm³/mol. The molecule has 7 heteroatoms. The van der Waals surface area contributed by atoms with Gasteiger partial charge >= 0.3 is 43.9 Å². The molecule has 0 aromatic heterocycles. The van der Waals surface area contributed by atoms with Crippen LogP contribution in [-0.4, -0.2) is 13.3 Å². The number of alkyl halides is 3. The fourth-order valence-corrected chi connectivity index (χ4v) is 1.00. The summed E-state index contributed by atoms with van der Waals surface area (Å²) in [6.07, 6.45) is -4.98. The molecular formula is C9H7F3Li2O2. The molecule has 1 rings (SSSR count).